The summed E-state index contributed by atoms with van der Waals surface area (Å²) in [6.45, 7) is 2.95. The Balaban J connectivity index is 1.59. The van der Waals surface area contributed by atoms with Crippen LogP contribution in [-0.2, 0) is 17.8 Å². The molecular formula is C16H26N4O. The molecule has 1 saturated heterocycles. The van der Waals surface area contributed by atoms with Crippen molar-refractivity contribution in [1.82, 2.24) is 20.1 Å². The van der Waals surface area contributed by atoms with Crippen molar-refractivity contribution in [2.45, 2.75) is 76.9 Å². The van der Waals surface area contributed by atoms with Crippen LogP contribution in [0.3, 0.4) is 0 Å². The first-order chi connectivity index (χ1) is 10.3. The molecule has 0 amide bonds. The lowest BCUT2D eigenvalue weighted by Crippen LogP contribution is -2.52. The number of rotatable bonds is 5. The number of nitrogens with zero attached hydrogens (tertiary/aromatic N) is 3. The van der Waals surface area contributed by atoms with Crippen LogP contribution < -0.4 is 5.32 Å². The first kappa shape index (κ1) is 14.7. The highest BCUT2D eigenvalue weighted by molar-refractivity contribution is 5.85. The fraction of sp³-hybridized carbons (Fsp3) is 0.812. The summed E-state index contributed by atoms with van der Waals surface area (Å²) in [6, 6.07) is 0.589. The first-order valence-corrected chi connectivity index (χ1v) is 8.43. The summed E-state index contributed by atoms with van der Waals surface area (Å²) in [5.74, 6) is 1.89. The summed E-state index contributed by atoms with van der Waals surface area (Å²) in [6.07, 6.45) is 10.4. The molecule has 0 aromatic carbocycles. The molecule has 2 aliphatic rings. The van der Waals surface area contributed by atoms with E-state index >= 15 is 0 Å². The molecule has 5 heteroatoms. The standard InChI is InChI=1S/C16H26N4O/c1-2-9-20-16(17-11-18-20)10-15(21)14-8-7-12-5-3-4-6-13(12)19-14/h11-14,19H,2-10H2,1H3. The van der Waals surface area contributed by atoms with Crippen molar-refractivity contribution in [1.29, 1.82) is 0 Å². The predicted molar refractivity (Wildman–Crippen MR) is 80.9 cm³/mol. The maximum atomic E-state index is 12.6. The molecule has 0 spiro atoms. The van der Waals surface area contributed by atoms with Crippen LogP contribution in [0.5, 0.6) is 0 Å². The third-order valence-corrected chi connectivity index (χ3v) is 5.00. The number of carbonyl (C=O) groups is 1. The maximum Gasteiger partial charge on any atom is 0.157 e. The number of aryl methyl sites for hydroxylation is 1. The Morgan fingerprint density at radius 2 is 2.19 bits per heavy atom. The van der Waals surface area contributed by atoms with Gasteiger partial charge in [0.15, 0.2) is 5.78 Å². The average Bonchev–Trinajstić information content (AvgIpc) is 2.94. The van der Waals surface area contributed by atoms with Gasteiger partial charge in [0.2, 0.25) is 0 Å². The normalized spacial score (nSPS) is 29.1. The van der Waals surface area contributed by atoms with Crippen molar-refractivity contribution < 1.29 is 4.79 Å². The van der Waals surface area contributed by atoms with Gasteiger partial charge in [0, 0.05) is 12.6 Å². The van der Waals surface area contributed by atoms with E-state index in [4.69, 9.17) is 0 Å². The van der Waals surface area contributed by atoms with Gasteiger partial charge in [-0.1, -0.05) is 19.8 Å². The van der Waals surface area contributed by atoms with Gasteiger partial charge >= 0.3 is 0 Å². The topological polar surface area (TPSA) is 59.8 Å². The molecule has 1 saturated carbocycles. The van der Waals surface area contributed by atoms with E-state index in [2.05, 4.69) is 22.3 Å². The van der Waals surface area contributed by atoms with Gasteiger partial charge in [0.1, 0.15) is 12.2 Å². The molecule has 2 heterocycles. The number of piperidine rings is 1. The van der Waals surface area contributed by atoms with Crippen LogP contribution in [0.15, 0.2) is 6.33 Å². The largest absolute Gasteiger partial charge is 0.304 e. The number of nitrogens with one attached hydrogen (secondary N) is 1. The smallest absolute Gasteiger partial charge is 0.157 e. The summed E-state index contributed by atoms with van der Waals surface area (Å²) in [4.78, 5) is 16.8. The first-order valence-electron chi connectivity index (χ1n) is 8.43. The van der Waals surface area contributed by atoms with E-state index in [1.165, 1.54) is 32.1 Å². The van der Waals surface area contributed by atoms with Gasteiger partial charge in [-0.2, -0.15) is 5.10 Å². The molecule has 1 aliphatic heterocycles. The highest BCUT2D eigenvalue weighted by Gasteiger charge is 2.34. The lowest BCUT2D eigenvalue weighted by atomic mass is 9.77. The van der Waals surface area contributed by atoms with E-state index in [1.54, 1.807) is 6.33 Å². The molecule has 0 radical (unpaired) electrons. The van der Waals surface area contributed by atoms with Crippen molar-refractivity contribution >= 4 is 5.78 Å². The Morgan fingerprint density at radius 3 is 3.05 bits per heavy atom. The second-order valence-electron chi connectivity index (χ2n) is 6.49. The molecule has 1 aromatic heterocycles. The highest BCUT2D eigenvalue weighted by Crippen LogP contribution is 2.32. The predicted octanol–water partition coefficient (Wildman–Crippen LogP) is 2.11. The number of aromatic nitrogens is 3. The lowest BCUT2D eigenvalue weighted by Gasteiger charge is -2.40. The monoisotopic (exact) mass is 290 g/mol. The maximum absolute atomic E-state index is 12.6. The third-order valence-electron chi connectivity index (χ3n) is 5.00. The molecule has 1 aliphatic carbocycles. The van der Waals surface area contributed by atoms with Crippen LogP contribution in [-0.4, -0.2) is 32.6 Å². The Hall–Kier alpha value is -1.23. The van der Waals surface area contributed by atoms with Gasteiger partial charge in [0.25, 0.3) is 0 Å². The minimum atomic E-state index is 0.0242. The summed E-state index contributed by atoms with van der Waals surface area (Å²) in [5.41, 5.74) is 0. The lowest BCUT2D eigenvalue weighted by molar-refractivity contribution is -0.121. The van der Waals surface area contributed by atoms with Crippen LogP contribution in [0.25, 0.3) is 0 Å². The van der Waals surface area contributed by atoms with E-state index in [1.807, 2.05) is 4.68 Å². The SMILES string of the molecule is CCCn1ncnc1CC(=O)C1CCC2CCCCC2N1. The minimum Gasteiger partial charge on any atom is -0.304 e. The van der Waals surface area contributed by atoms with Crippen molar-refractivity contribution in [3.8, 4) is 0 Å². The van der Waals surface area contributed by atoms with Crippen LogP contribution >= 0.6 is 0 Å². The van der Waals surface area contributed by atoms with Gasteiger partial charge in [0.05, 0.1) is 12.5 Å². The molecule has 5 nitrogen and oxygen atoms in total. The summed E-state index contributed by atoms with van der Waals surface area (Å²) < 4.78 is 1.87. The quantitative estimate of drug-likeness (QED) is 0.902. The molecule has 3 rings (SSSR count). The Bertz CT molecular complexity index is 484. The van der Waals surface area contributed by atoms with E-state index in [0.717, 1.165) is 31.1 Å². The van der Waals surface area contributed by atoms with Crippen LogP contribution in [0, 0.1) is 5.92 Å². The van der Waals surface area contributed by atoms with Gasteiger partial charge in [-0.25, -0.2) is 9.67 Å². The van der Waals surface area contributed by atoms with Crippen molar-refractivity contribution in [3.05, 3.63) is 12.2 Å². The molecule has 21 heavy (non-hydrogen) atoms. The van der Waals surface area contributed by atoms with Crippen molar-refractivity contribution in [3.63, 3.8) is 0 Å². The van der Waals surface area contributed by atoms with Gasteiger partial charge in [-0.15, -0.1) is 0 Å². The van der Waals surface area contributed by atoms with Crippen molar-refractivity contribution in [2.75, 3.05) is 0 Å². The van der Waals surface area contributed by atoms with E-state index in [-0.39, 0.29) is 11.8 Å². The molecule has 2 fully saturated rings. The molecule has 0 bridgehead atoms. The third kappa shape index (κ3) is 3.34. The summed E-state index contributed by atoms with van der Waals surface area (Å²) in [5, 5.41) is 7.81. The summed E-state index contributed by atoms with van der Waals surface area (Å²) in [7, 11) is 0. The minimum absolute atomic E-state index is 0.0242. The molecule has 1 aromatic rings. The second kappa shape index (κ2) is 6.69. The zero-order chi connectivity index (χ0) is 14.7. The van der Waals surface area contributed by atoms with Gasteiger partial charge in [-0.05, 0) is 38.0 Å². The number of Topliss-reactive ketones (excluding diaryl/α,β-unsaturated/α-hetero) is 1. The Kier molecular flexibility index (Phi) is 4.68. The average molecular weight is 290 g/mol. The van der Waals surface area contributed by atoms with Crippen LogP contribution in [0.1, 0.15) is 57.7 Å². The van der Waals surface area contributed by atoms with Gasteiger partial charge in [-0.3, -0.25) is 4.79 Å². The molecule has 3 atom stereocenters. The van der Waals surface area contributed by atoms with Gasteiger partial charge < -0.3 is 5.32 Å². The molecule has 1 N–H and O–H groups in total. The van der Waals surface area contributed by atoms with Crippen LogP contribution in [0.4, 0.5) is 0 Å². The number of fused-ring (bicyclic) bond motifs is 1. The fourth-order valence-electron chi connectivity index (χ4n) is 3.85. The fourth-order valence-corrected chi connectivity index (χ4v) is 3.85. The van der Waals surface area contributed by atoms with E-state index in [0.29, 0.717) is 12.5 Å². The number of carbonyl (C=O) groups excluding carboxylic acids is 1. The Labute approximate surface area is 126 Å². The Morgan fingerprint density at radius 1 is 1.33 bits per heavy atom. The van der Waals surface area contributed by atoms with Crippen LogP contribution in [0.2, 0.25) is 0 Å². The molecule has 116 valence electrons. The second-order valence-corrected chi connectivity index (χ2v) is 6.49. The highest BCUT2D eigenvalue weighted by atomic mass is 16.1. The zero-order valence-corrected chi connectivity index (χ0v) is 12.9. The van der Waals surface area contributed by atoms with E-state index in [9.17, 15) is 4.79 Å². The van der Waals surface area contributed by atoms with E-state index < -0.39 is 0 Å². The number of hydrogen-bond donors (Lipinski definition) is 1. The number of hydrogen-bond acceptors (Lipinski definition) is 4. The zero-order valence-electron chi connectivity index (χ0n) is 12.9. The molecule has 3 unspecified atom stereocenters. The van der Waals surface area contributed by atoms with Crippen molar-refractivity contribution in [2.24, 2.45) is 5.92 Å². The summed E-state index contributed by atoms with van der Waals surface area (Å²) >= 11 is 0. The number of ketones is 1. The molecular weight excluding hydrogens is 264 g/mol.